The molecule has 3 nitrogen and oxygen atoms in total. The van der Waals surface area contributed by atoms with Gasteiger partial charge in [0.15, 0.2) is 0 Å². The molecule has 0 heterocycles. The average Bonchev–Trinajstić information content (AvgIpc) is 2.57. The molecule has 1 aliphatic rings. The van der Waals surface area contributed by atoms with Crippen molar-refractivity contribution in [2.45, 2.75) is 25.7 Å². The number of hydrogen-bond donors (Lipinski definition) is 0. The summed E-state index contributed by atoms with van der Waals surface area (Å²) >= 11 is 0. The second-order valence-electron chi connectivity index (χ2n) is 3.31. The Hall–Kier alpha value is 0.150. The lowest BCUT2D eigenvalue weighted by Gasteiger charge is -2.16. The molecule has 0 atom stereocenters. The van der Waals surface area contributed by atoms with Crippen LogP contribution in [0.4, 0.5) is 0 Å². The molecule has 0 amide bonds. The molecular formula is C8H17O3P. The Morgan fingerprint density at radius 2 is 1.75 bits per heavy atom. The molecule has 0 unspecified atom stereocenters. The zero-order chi connectivity index (χ0) is 9.03. The van der Waals surface area contributed by atoms with Gasteiger partial charge in [-0.25, -0.2) is 0 Å². The molecule has 1 saturated carbocycles. The highest BCUT2D eigenvalue weighted by atomic mass is 31.2. The monoisotopic (exact) mass is 192 g/mol. The van der Waals surface area contributed by atoms with Crippen molar-refractivity contribution in [3.63, 3.8) is 0 Å². The zero-order valence-corrected chi connectivity index (χ0v) is 8.68. The minimum atomic E-state index is -2.73. The highest BCUT2D eigenvalue weighted by Gasteiger charge is 2.28. The van der Waals surface area contributed by atoms with Gasteiger partial charge in [-0.05, 0) is 18.8 Å². The fourth-order valence-electron chi connectivity index (χ4n) is 1.73. The Bertz CT molecular complexity index is 167. The van der Waals surface area contributed by atoms with Crippen molar-refractivity contribution in [2.75, 3.05) is 20.4 Å². The maximum absolute atomic E-state index is 11.7. The summed E-state index contributed by atoms with van der Waals surface area (Å²) in [6.45, 7) is 0. The first-order chi connectivity index (χ1) is 5.70. The molecule has 0 saturated heterocycles. The van der Waals surface area contributed by atoms with E-state index in [-0.39, 0.29) is 0 Å². The van der Waals surface area contributed by atoms with Crippen LogP contribution in [0.1, 0.15) is 25.7 Å². The van der Waals surface area contributed by atoms with Crippen LogP contribution in [0.15, 0.2) is 0 Å². The van der Waals surface area contributed by atoms with Gasteiger partial charge in [0.05, 0.1) is 6.16 Å². The Morgan fingerprint density at radius 1 is 1.25 bits per heavy atom. The predicted octanol–water partition coefficient (Wildman–Crippen LogP) is 2.66. The van der Waals surface area contributed by atoms with Gasteiger partial charge < -0.3 is 9.05 Å². The van der Waals surface area contributed by atoms with Crippen LogP contribution < -0.4 is 0 Å². The maximum atomic E-state index is 11.7. The van der Waals surface area contributed by atoms with Gasteiger partial charge in [0.1, 0.15) is 0 Å². The molecule has 0 aliphatic heterocycles. The predicted molar refractivity (Wildman–Crippen MR) is 48.4 cm³/mol. The SMILES string of the molecule is COP(=O)(CC1CCCC1)OC. The molecule has 0 bridgehead atoms. The van der Waals surface area contributed by atoms with Crippen LogP contribution in [0.5, 0.6) is 0 Å². The lowest BCUT2D eigenvalue weighted by atomic mass is 10.1. The standard InChI is InChI=1S/C8H17O3P/c1-10-12(9,11-2)7-8-5-3-4-6-8/h8H,3-7H2,1-2H3. The molecular weight excluding hydrogens is 175 g/mol. The highest BCUT2D eigenvalue weighted by molar-refractivity contribution is 7.53. The molecule has 0 spiro atoms. The third-order valence-electron chi connectivity index (χ3n) is 2.51. The summed E-state index contributed by atoms with van der Waals surface area (Å²) in [7, 11) is 0.185. The minimum Gasteiger partial charge on any atom is -0.312 e. The molecule has 4 heteroatoms. The van der Waals surface area contributed by atoms with Gasteiger partial charge in [-0.15, -0.1) is 0 Å². The lowest BCUT2D eigenvalue weighted by molar-refractivity contribution is 0.270. The van der Waals surface area contributed by atoms with Crippen molar-refractivity contribution in [3.05, 3.63) is 0 Å². The third-order valence-corrected chi connectivity index (χ3v) is 4.59. The van der Waals surface area contributed by atoms with Crippen LogP contribution >= 0.6 is 7.60 Å². The summed E-state index contributed by atoms with van der Waals surface area (Å²) in [6.07, 6.45) is 5.48. The number of rotatable bonds is 4. The van der Waals surface area contributed by atoms with Gasteiger partial charge in [-0.2, -0.15) is 0 Å². The van der Waals surface area contributed by atoms with E-state index in [9.17, 15) is 4.57 Å². The van der Waals surface area contributed by atoms with E-state index in [1.165, 1.54) is 39.9 Å². The quantitative estimate of drug-likeness (QED) is 0.642. The topological polar surface area (TPSA) is 35.5 Å². The first-order valence-corrected chi connectivity index (χ1v) is 6.13. The summed E-state index contributed by atoms with van der Waals surface area (Å²) in [5, 5.41) is 0. The van der Waals surface area contributed by atoms with Gasteiger partial charge in [-0.3, -0.25) is 4.57 Å². The molecule has 0 radical (unpaired) electrons. The Kier molecular flexibility index (Phi) is 3.76. The Morgan fingerprint density at radius 3 is 2.17 bits per heavy atom. The van der Waals surface area contributed by atoms with Crippen LogP contribution in [-0.4, -0.2) is 20.4 Å². The highest BCUT2D eigenvalue weighted by Crippen LogP contribution is 2.50. The van der Waals surface area contributed by atoms with Gasteiger partial charge in [0.2, 0.25) is 0 Å². The summed E-state index contributed by atoms with van der Waals surface area (Å²) in [5.74, 6) is 0.552. The largest absolute Gasteiger partial charge is 0.330 e. The second-order valence-corrected chi connectivity index (χ2v) is 5.63. The molecule has 1 aliphatic carbocycles. The fourth-order valence-corrected chi connectivity index (χ4v) is 3.18. The molecule has 0 aromatic heterocycles. The zero-order valence-electron chi connectivity index (χ0n) is 7.78. The van der Waals surface area contributed by atoms with Gasteiger partial charge in [-0.1, -0.05) is 12.8 Å². The van der Waals surface area contributed by atoms with Crippen molar-refractivity contribution in [3.8, 4) is 0 Å². The second kappa shape index (κ2) is 4.40. The van der Waals surface area contributed by atoms with Crippen LogP contribution in [0.25, 0.3) is 0 Å². The third kappa shape index (κ3) is 2.58. The van der Waals surface area contributed by atoms with Crippen molar-refractivity contribution >= 4 is 7.60 Å². The van der Waals surface area contributed by atoms with Crippen LogP contribution in [-0.2, 0) is 13.6 Å². The fraction of sp³-hybridized carbons (Fsp3) is 1.00. The van der Waals surface area contributed by atoms with E-state index in [2.05, 4.69) is 0 Å². The molecule has 72 valence electrons. The van der Waals surface area contributed by atoms with Crippen molar-refractivity contribution in [1.82, 2.24) is 0 Å². The molecule has 12 heavy (non-hydrogen) atoms. The summed E-state index contributed by atoms with van der Waals surface area (Å²) in [5.41, 5.74) is 0. The summed E-state index contributed by atoms with van der Waals surface area (Å²) in [4.78, 5) is 0. The van der Waals surface area contributed by atoms with E-state index < -0.39 is 7.60 Å². The summed E-state index contributed by atoms with van der Waals surface area (Å²) in [6, 6.07) is 0. The van der Waals surface area contributed by atoms with Crippen LogP contribution in [0.2, 0.25) is 0 Å². The molecule has 0 aromatic rings. The van der Waals surface area contributed by atoms with E-state index in [0.29, 0.717) is 12.1 Å². The number of hydrogen-bond acceptors (Lipinski definition) is 3. The molecule has 1 fully saturated rings. The van der Waals surface area contributed by atoms with Gasteiger partial charge in [0, 0.05) is 14.2 Å². The Balaban J connectivity index is 2.41. The van der Waals surface area contributed by atoms with Crippen molar-refractivity contribution < 1.29 is 13.6 Å². The average molecular weight is 192 g/mol. The van der Waals surface area contributed by atoms with E-state index >= 15 is 0 Å². The normalized spacial score (nSPS) is 20.2. The molecule has 0 aromatic carbocycles. The van der Waals surface area contributed by atoms with Crippen LogP contribution in [0.3, 0.4) is 0 Å². The molecule has 1 rings (SSSR count). The van der Waals surface area contributed by atoms with Crippen molar-refractivity contribution in [1.29, 1.82) is 0 Å². The van der Waals surface area contributed by atoms with E-state index in [1.807, 2.05) is 0 Å². The van der Waals surface area contributed by atoms with Crippen molar-refractivity contribution in [2.24, 2.45) is 5.92 Å². The minimum absolute atomic E-state index is 0.552. The summed E-state index contributed by atoms with van der Waals surface area (Å²) < 4.78 is 21.4. The first kappa shape index (κ1) is 10.2. The molecule has 0 N–H and O–H groups in total. The lowest BCUT2D eigenvalue weighted by Crippen LogP contribution is -2.04. The smallest absolute Gasteiger partial charge is 0.312 e. The Labute approximate surface area is 74.0 Å². The van der Waals surface area contributed by atoms with E-state index in [0.717, 1.165) is 0 Å². The first-order valence-electron chi connectivity index (χ1n) is 4.41. The van der Waals surface area contributed by atoms with Crippen LogP contribution in [0, 0.1) is 5.92 Å². The van der Waals surface area contributed by atoms with E-state index in [1.54, 1.807) is 0 Å². The van der Waals surface area contributed by atoms with E-state index in [4.69, 9.17) is 9.05 Å². The van der Waals surface area contributed by atoms with Gasteiger partial charge >= 0.3 is 7.60 Å². The van der Waals surface area contributed by atoms with Gasteiger partial charge in [0.25, 0.3) is 0 Å². The maximum Gasteiger partial charge on any atom is 0.330 e.